The second kappa shape index (κ2) is 5.27. The molecule has 18 heavy (non-hydrogen) atoms. The van der Waals surface area contributed by atoms with E-state index in [2.05, 4.69) is 34.9 Å². The number of benzene rings is 1. The Morgan fingerprint density at radius 3 is 2.67 bits per heavy atom. The molecule has 0 aliphatic carbocycles. The highest BCUT2D eigenvalue weighted by Crippen LogP contribution is 2.30. The van der Waals surface area contributed by atoms with Crippen LogP contribution in [-0.4, -0.2) is 23.5 Å². The quantitative estimate of drug-likeness (QED) is 0.706. The van der Waals surface area contributed by atoms with E-state index in [1.165, 1.54) is 24.9 Å². The van der Waals surface area contributed by atoms with Crippen molar-refractivity contribution in [2.45, 2.75) is 45.1 Å². The van der Waals surface area contributed by atoms with Gasteiger partial charge in [0.25, 0.3) is 0 Å². The van der Waals surface area contributed by atoms with Crippen LogP contribution >= 0.6 is 9.24 Å². The molecular formula is C15H23FNP. The minimum atomic E-state index is -0.146. The molecule has 1 aliphatic rings. The maximum Gasteiger partial charge on any atom is 0.123 e. The molecular weight excluding hydrogens is 244 g/mol. The first-order chi connectivity index (χ1) is 8.38. The summed E-state index contributed by atoms with van der Waals surface area (Å²) >= 11 is 0. The van der Waals surface area contributed by atoms with Crippen molar-refractivity contribution in [3.05, 3.63) is 29.6 Å². The number of nitrogens with zero attached hydrogens (tertiary/aromatic N) is 1. The number of likely N-dealkylation sites (tertiary alicyclic amines) is 1. The van der Waals surface area contributed by atoms with Crippen LogP contribution in [0.25, 0.3) is 0 Å². The molecule has 1 nitrogen and oxygen atoms in total. The summed E-state index contributed by atoms with van der Waals surface area (Å²) in [5, 5.41) is 1.01. The van der Waals surface area contributed by atoms with Gasteiger partial charge in [0.1, 0.15) is 5.82 Å². The number of hydrogen-bond donors (Lipinski definition) is 0. The first kappa shape index (κ1) is 14.0. The number of piperidine rings is 1. The van der Waals surface area contributed by atoms with Gasteiger partial charge in [-0.2, -0.15) is 0 Å². The lowest BCUT2D eigenvalue weighted by molar-refractivity contribution is 0.0988. The molecule has 3 heteroatoms. The number of rotatable bonds is 1. The van der Waals surface area contributed by atoms with Gasteiger partial charge in [-0.15, -0.1) is 9.24 Å². The molecule has 0 radical (unpaired) electrons. The summed E-state index contributed by atoms with van der Waals surface area (Å²) in [5.41, 5.74) is 1.51. The van der Waals surface area contributed by atoms with Crippen molar-refractivity contribution in [3.8, 4) is 0 Å². The largest absolute Gasteiger partial charge is 0.298 e. The maximum atomic E-state index is 13.2. The Hall–Kier alpha value is -0.460. The van der Waals surface area contributed by atoms with Gasteiger partial charge in [-0.1, -0.05) is 6.07 Å². The first-order valence-electron chi connectivity index (χ1n) is 6.68. The molecule has 1 aromatic rings. The van der Waals surface area contributed by atoms with E-state index >= 15 is 0 Å². The van der Waals surface area contributed by atoms with Crippen molar-refractivity contribution in [1.82, 2.24) is 4.90 Å². The van der Waals surface area contributed by atoms with Crippen molar-refractivity contribution >= 4 is 14.5 Å². The van der Waals surface area contributed by atoms with E-state index in [0.717, 1.165) is 11.8 Å². The number of hydrogen-bond acceptors (Lipinski definition) is 1. The zero-order chi connectivity index (χ0) is 13.3. The predicted molar refractivity (Wildman–Crippen MR) is 79.0 cm³/mol. The van der Waals surface area contributed by atoms with Crippen LogP contribution in [0.5, 0.6) is 0 Å². The van der Waals surface area contributed by atoms with E-state index in [1.54, 1.807) is 12.1 Å². The summed E-state index contributed by atoms with van der Waals surface area (Å²) in [6.45, 7) is 9.05. The van der Waals surface area contributed by atoms with Gasteiger partial charge >= 0.3 is 0 Å². The molecule has 1 saturated heterocycles. The topological polar surface area (TPSA) is 3.24 Å². The van der Waals surface area contributed by atoms with Crippen molar-refractivity contribution < 1.29 is 4.39 Å². The van der Waals surface area contributed by atoms with Gasteiger partial charge in [-0.3, -0.25) is 4.90 Å². The minimum absolute atomic E-state index is 0.146. The van der Waals surface area contributed by atoms with Crippen LogP contribution in [-0.2, 0) is 0 Å². The molecule has 1 aromatic carbocycles. The lowest BCUT2D eigenvalue weighted by atomic mass is 9.88. The van der Waals surface area contributed by atoms with Gasteiger partial charge in [0, 0.05) is 12.1 Å². The molecule has 100 valence electrons. The van der Waals surface area contributed by atoms with Gasteiger partial charge in [0.15, 0.2) is 0 Å². The highest BCUT2D eigenvalue weighted by molar-refractivity contribution is 7.27. The average molecular weight is 267 g/mol. The SMILES string of the molecule is CC(C)(C)N1CCCC(c2ccc(F)cc2P)C1. The van der Waals surface area contributed by atoms with Crippen LogP contribution in [0, 0.1) is 5.82 Å². The van der Waals surface area contributed by atoms with Gasteiger partial charge in [-0.25, -0.2) is 4.39 Å². The van der Waals surface area contributed by atoms with E-state index in [4.69, 9.17) is 0 Å². The molecule has 1 heterocycles. The van der Waals surface area contributed by atoms with Crippen LogP contribution < -0.4 is 5.30 Å². The summed E-state index contributed by atoms with van der Waals surface area (Å²) < 4.78 is 13.2. The Morgan fingerprint density at radius 1 is 1.33 bits per heavy atom. The fourth-order valence-corrected chi connectivity index (χ4v) is 3.25. The molecule has 0 aromatic heterocycles. The maximum absolute atomic E-state index is 13.2. The first-order valence-corrected chi connectivity index (χ1v) is 7.25. The van der Waals surface area contributed by atoms with Gasteiger partial charge < -0.3 is 0 Å². The van der Waals surface area contributed by atoms with Crippen LogP contribution in [0.2, 0.25) is 0 Å². The van der Waals surface area contributed by atoms with Gasteiger partial charge in [-0.05, 0) is 69.1 Å². The highest BCUT2D eigenvalue weighted by Gasteiger charge is 2.29. The standard InChI is InChI=1S/C15H23FNP/c1-15(2,3)17-8-4-5-11(10-17)13-7-6-12(16)9-14(13)18/h6-7,9,11H,4-5,8,10,18H2,1-3H3. The Bertz CT molecular complexity index is 425. The minimum Gasteiger partial charge on any atom is -0.298 e. The molecule has 0 saturated carbocycles. The third kappa shape index (κ3) is 3.10. The molecule has 2 rings (SSSR count). The molecule has 1 aliphatic heterocycles. The van der Waals surface area contributed by atoms with Crippen LogP contribution in [0.15, 0.2) is 18.2 Å². The third-order valence-corrected chi connectivity index (χ3v) is 4.36. The van der Waals surface area contributed by atoms with E-state index < -0.39 is 0 Å². The molecule has 1 fully saturated rings. The number of halogens is 1. The van der Waals surface area contributed by atoms with Crippen LogP contribution in [0.4, 0.5) is 4.39 Å². The second-order valence-electron chi connectivity index (χ2n) is 6.23. The Labute approximate surface area is 112 Å². The summed E-state index contributed by atoms with van der Waals surface area (Å²) in [7, 11) is 2.68. The third-order valence-electron chi connectivity index (χ3n) is 3.86. The smallest absolute Gasteiger partial charge is 0.123 e. The molecule has 2 atom stereocenters. The van der Waals surface area contributed by atoms with Crippen LogP contribution in [0.3, 0.4) is 0 Å². The molecule has 0 bridgehead atoms. The molecule has 0 spiro atoms. The van der Waals surface area contributed by atoms with E-state index in [9.17, 15) is 4.39 Å². The molecule has 0 amide bonds. The normalized spacial score (nSPS) is 22.2. The van der Waals surface area contributed by atoms with Crippen molar-refractivity contribution in [2.24, 2.45) is 0 Å². The summed E-state index contributed by atoms with van der Waals surface area (Å²) in [6.07, 6.45) is 2.43. The van der Waals surface area contributed by atoms with Crippen molar-refractivity contribution in [3.63, 3.8) is 0 Å². The summed E-state index contributed by atoms with van der Waals surface area (Å²) in [4.78, 5) is 2.54. The average Bonchev–Trinajstić information content (AvgIpc) is 2.28. The van der Waals surface area contributed by atoms with Crippen molar-refractivity contribution in [1.29, 1.82) is 0 Å². The lowest BCUT2D eigenvalue weighted by Gasteiger charge is -2.42. The molecule has 2 unspecified atom stereocenters. The molecule has 0 N–H and O–H groups in total. The van der Waals surface area contributed by atoms with E-state index in [0.29, 0.717) is 5.92 Å². The monoisotopic (exact) mass is 267 g/mol. The van der Waals surface area contributed by atoms with Crippen molar-refractivity contribution in [2.75, 3.05) is 13.1 Å². The lowest BCUT2D eigenvalue weighted by Crippen LogP contribution is -2.47. The second-order valence-corrected chi connectivity index (χ2v) is 6.85. The Balaban J connectivity index is 2.18. The van der Waals surface area contributed by atoms with E-state index in [1.807, 2.05) is 6.07 Å². The Morgan fingerprint density at radius 2 is 2.06 bits per heavy atom. The summed E-state index contributed by atoms with van der Waals surface area (Å²) in [6, 6.07) is 5.16. The van der Waals surface area contributed by atoms with Gasteiger partial charge in [0.05, 0.1) is 0 Å². The summed E-state index contributed by atoms with van der Waals surface area (Å²) in [5.74, 6) is 0.387. The fraction of sp³-hybridized carbons (Fsp3) is 0.600. The zero-order valence-electron chi connectivity index (χ0n) is 11.5. The zero-order valence-corrected chi connectivity index (χ0v) is 12.7. The predicted octanol–water partition coefficient (Wildman–Crippen LogP) is 3.30. The fourth-order valence-electron chi connectivity index (χ4n) is 2.76. The Kier molecular flexibility index (Phi) is 4.08. The highest BCUT2D eigenvalue weighted by atomic mass is 31.0. The van der Waals surface area contributed by atoms with Crippen LogP contribution in [0.1, 0.15) is 45.1 Å². The van der Waals surface area contributed by atoms with Gasteiger partial charge in [0.2, 0.25) is 0 Å². The van der Waals surface area contributed by atoms with E-state index in [-0.39, 0.29) is 11.4 Å².